The second-order valence-electron chi connectivity index (χ2n) is 5.07. The minimum Gasteiger partial charge on any atom is -0.258 e. The second-order valence-corrected chi connectivity index (χ2v) is 7.35. The van der Waals surface area contributed by atoms with Crippen LogP contribution in [0.4, 0.5) is 5.69 Å². The van der Waals surface area contributed by atoms with Crippen molar-refractivity contribution in [2.75, 3.05) is 0 Å². The van der Waals surface area contributed by atoms with Crippen LogP contribution in [-0.2, 0) is 10.2 Å². The first kappa shape index (κ1) is 16.9. The number of nitrogens with zero attached hydrogens (tertiary/aromatic N) is 3. The number of alkyl halides is 3. The van der Waals surface area contributed by atoms with Crippen LogP contribution in [0.3, 0.4) is 0 Å². The molecule has 8 heteroatoms. The lowest BCUT2D eigenvalue weighted by molar-refractivity contribution is -0.385. The summed E-state index contributed by atoms with van der Waals surface area (Å²) in [4.78, 5) is 19.4. The van der Waals surface area contributed by atoms with Gasteiger partial charge in [0.05, 0.1) is 16.1 Å². The van der Waals surface area contributed by atoms with E-state index in [1.165, 1.54) is 6.07 Å². The molecular formula is C16H10Cl3N3O2. The van der Waals surface area contributed by atoms with Crippen molar-refractivity contribution in [3.63, 3.8) is 0 Å². The zero-order chi connectivity index (χ0) is 17.3. The Morgan fingerprint density at radius 1 is 1.00 bits per heavy atom. The Morgan fingerprint density at radius 3 is 2.38 bits per heavy atom. The van der Waals surface area contributed by atoms with Gasteiger partial charge in [0, 0.05) is 23.4 Å². The molecule has 0 saturated heterocycles. The molecule has 0 atom stereocenters. The highest BCUT2D eigenvalue weighted by Gasteiger charge is 2.28. The monoisotopic (exact) mass is 381 g/mol. The summed E-state index contributed by atoms with van der Waals surface area (Å²) in [5.74, 6) is 0.0415. The van der Waals surface area contributed by atoms with Gasteiger partial charge in [0.15, 0.2) is 5.82 Å². The number of hydrogen-bond acceptors (Lipinski definition) is 4. The van der Waals surface area contributed by atoms with Crippen LogP contribution in [0.2, 0.25) is 0 Å². The summed E-state index contributed by atoms with van der Waals surface area (Å²) in [6, 6.07) is 13.8. The maximum atomic E-state index is 11.2. The number of hydrogen-bond donors (Lipinski definition) is 0. The van der Waals surface area contributed by atoms with E-state index in [0.717, 1.165) is 5.39 Å². The molecular weight excluding hydrogens is 373 g/mol. The van der Waals surface area contributed by atoms with Gasteiger partial charge in [0.25, 0.3) is 5.69 Å². The van der Waals surface area contributed by atoms with Gasteiger partial charge in [-0.15, -0.1) is 0 Å². The first-order valence-corrected chi connectivity index (χ1v) is 8.05. The highest BCUT2D eigenvalue weighted by Crippen LogP contribution is 2.37. The number of nitro groups is 1. The fraction of sp³-hybridized carbons (Fsp3) is 0.125. The number of nitro benzene ring substituents is 1. The van der Waals surface area contributed by atoms with E-state index in [2.05, 4.69) is 9.97 Å². The summed E-state index contributed by atoms with van der Waals surface area (Å²) in [5, 5.41) is 12.0. The molecule has 122 valence electrons. The fourth-order valence-corrected chi connectivity index (χ4v) is 2.68. The lowest BCUT2D eigenvalue weighted by Gasteiger charge is -2.13. The van der Waals surface area contributed by atoms with Crippen molar-refractivity contribution < 1.29 is 4.92 Å². The molecule has 5 nitrogen and oxygen atoms in total. The van der Waals surface area contributed by atoms with E-state index < -0.39 is 8.72 Å². The van der Waals surface area contributed by atoms with Gasteiger partial charge in [-0.1, -0.05) is 71.2 Å². The van der Waals surface area contributed by atoms with Crippen molar-refractivity contribution in [1.82, 2.24) is 9.97 Å². The van der Waals surface area contributed by atoms with Gasteiger partial charge >= 0.3 is 0 Å². The van der Waals surface area contributed by atoms with Crippen LogP contribution in [0, 0.1) is 10.1 Å². The molecule has 0 aliphatic heterocycles. The number of benzene rings is 2. The molecule has 0 aliphatic carbocycles. The topological polar surface area (TPSA) is 68.9 Å². The third-order valence-electron chi connectivity index (χ3n) is 3.48. The van der Waals surface area contributed by atoms with Crippen LogP contribution in [-0.4, -0.2) is 14.9 Å². The van der Waals surface area contributed by atoms with E-state index in [1.807, 2.05) is 18.2 Å². The van der Waals surface area contributed by atoms with Gasteiger partial charge in [-0.25, -0.2) is 9.97 Å². The maximum Gasteiger partial charge on any atom is 0.272 e. The number of halogens is 3. The molecule has 0 amide bonds. The third-order valence-corrected chi connectivity index (χ3v) is 3.99. The van der Waals surface area contributed by atoms with E-state index in [1.54, 1.807) is 24.3 Å². The molecule has 1 heterocycles. The van der Waals surface area contributed by atoms with E-state index in [9.17, 15) is 10.1 Å². The number of para-hydroxylation sites is 2. The average Bonchev–Trinajstić information content (AvgIpc) is 2.54. The summed E-state index contributed by atoms with van der Waals surface area (Å²) < 4.78 is -1.78. The van der Waals surface area contributed by atoms with Crippen LogP contribution in [0.5, 0.6) is 0 Å². The summed E-state index contributed by atoms with van der Waals surface area (Å²) in [5.41, 5.74) is 1.73. The fourth-order valence-electron chi connectivity index (χ4n) is 2.42. The summed E-state index contributed by atoms with van der Waals surface area (Å²) in [7, 11) is 0. The Hall–Kier alpha value is -1.95. The highest BCUT2D eigenvalue weighted by atomic mass is 35.6. The predicted molar refractivity (Wildman–Crippen MR) is 94.7 cm³/mol. The van der Waals surface area contributed by atoms with Crippen molar-refractivity contribution in [3.05, 3.63) is 75.7 Å². The molecule has 0 bridgehead atoms. The highest BCUT2D eigenvalue weighted by molar-refractivity contribution is 6.66. The zero-order valence-corrected chi connectivity index (χ0v) is 14.4. The van der Waals surface area contributed by atoms with E-state index >= 15 is 0 Å². The minimum atomic E-state index is -1.78. The van der Waals surface area contributed by atoms with Gasteiger partial charge < -0.3 is 0 Å². The van der Waals surface area contributed by atoms with Crippen molar-refractivity contribution >= 4 is 51.4 Å². The Labute approximate surface area is 152 Å². The Morgan fingerprint density at radius 2 is 1.67 bits per heavy atom. The Balaban J connectivity index is 2.17. The van der Waals surface area contributed by atoms with Crippen molar-refractivity contribution in [2.45, 2.75) is 10.2 Å². The first-order chi connectivity index (χ1) is 11.4. The molecule has 24 heavy (non-hydrogen) atoms. The maximum absolute atomic E-state index is 11.2. The van der Waals surface area contributed by atoms with Crippen molar-refractivity contribution in [2.24, 2.45) is 0 Å². The van der Waals surface area contributed by atoms with Crippen LogP contribution >= 0.6 is 34.8 Å². The van der Waals surface area contributed by atoms with Gasteiger partial charge in [-0.2, -0.15) is 0 Å². The molecule has 0 fully saturated rings. The first-order valence-electron chi connectivity index (χ1n) is 6.91. The van der Waals surface area contributed by atoms with Gasteiger partial charge in [0.2, 0.25) is 3.79 Å². The quantitative estimate of drug-likeness (QED) is 0.365. The molecule has 0 aliphatic rings. The molecule has 3 rings (SSSR count). The van der Waals surface area contributed by atoms with E-state index in [-0.39, 0.29) is 17.9 Å². The number of fused-ring (bicyclic) bond motifs is 1. The number of aromatic nitrogens is 2. The molecule has 0 saturated carbocycles. The molecule has 3 aromatic rings. The van der Waals surface area contributed by atoms with Crippen molar-refractivity contribution in [1.29, 1.82) is 0 Å². The second kappa shape index (κ2) is 6.51. The molecule has 0 spiro atoms. The molecule has 2 aromatic carbocycles. The Kier molecular flexibility index (Phi) is 4.58. The largest absolute Gasteiger partial charge is 0.272 e. The minimum absolute atomic E-state index is 0.0237. The zero-order valence-electron chi connectivity index (χ0n) is 12.1. The lowest BCUT2D eigenvalue weighted by Crippen LogP contribution is -2.10. The molecule has 0 radical (unpaired) electrons. The van der Waals surface area contributed by atoms with E-state index in [4.69, 9.17) is 34.8 Å². The average molecular weight is 383 g/mol. The SMILES string of the molecule is O=[N+]([O-])c1ccccc1Cc1nc(C(Cl)(Cl)Cl)nc2ccccc12. The van der Waals surface area contributed by atoms with Crippen LogP contribution in [0.25, 0.3) is 10.9 Å². The smallest absolute Gasteiger partial charge is 0.258 e. The predicted octanol–water partition coefficient (Wildman–Crippen LogP) is 4.96. The number of rotatable bonds is 3. The lowest BCUT2D eigenvalue weighted by atomic mass is 10.0. The van der Waals surface area contributed by atoms with Gasteiger partial charge in [-0.3, -0.25) is 10.1 Å². The van der Waals surface area contributed by atoms with Crippen LogP contribution in [0.15, 0.2) is 48.5 Å². The summed E-state index contributed by atoms with van der Waals surface area (Å²) in [6.45, 7) is 0. The van der Waals surface area contributed by atoms with Crippen LogP contribution < -0.4 is 0 Å². The van der Waals surface area contributed by atoms with Crippen LogP contribution in [0.1, 0.15) is 17.1 Å². The van der Waals surface area contributed by atoms with Gasteiger partial charge in [0.1, 0.15) is 0 Å². The van der Waals surface area contributed by atoms with Gasteiger partial charge in [-0.05, 0) is 6.07 Å². The van der Waals surface area contributed by atoms with E-state index in [0.29, 0.717) is 16.8 Å². The normalized spacial score (nSPS) is 11.6. The standard InChI is InChI=1S/C16H10Cl3N3O2/c17-16(18,19)15-20-12-7-3-2-6-11(12)13(21-15)9-10-5-1-4-8-14(10)22(23)24/h1-8H,9H2. The summed E-state index contributed by atoms with van der Waals surface area (Å²) >= 11 is 17.7. The molecule has 0 N–H and O–H groups in total. The third kappa shape index (κ3) is 3.43. The van der Waals surface area contributed by atoms with Crippen molar-refractivity contribution in [3.8, 4) is 0 Å². The Bertz CT molecular complexity index is 926. The molecule has 1 aromatic heterocycles. The summed E-state index contributed by atoms with van der Waals surface area (Å²) in [6.07, 6.45) is 0.230. The molecule has 0 unspecified atom stereocenters.